The SMILES string of the molecule is O=CC1N=NC(SO)=[NH+]1. The molecular weight excluding hydrogens is 142 g/mol. The van der Waals surface area contributed by atoms with Gasteiger partial charge >= 0.3 is 5.17 Å². The molecule has 6 heteroatoms. The lowest BCUT2D eigenvalue weighted by Crippen LogP contribution is -2.76. The molecule has 0 aromatic rings. The quantitative estimate of drug-likeness (QED) is 0.353. The van der Waals surface area contributed by atoms with Gasteiger partial charge in [0, 0.05) is 0 Å². The first-order valence-electron chi connectivity index (χ1n) is 2.18. The van der Waals surface area contributed by atoms with E-state index in [4.69, 9.17) is 4.55 Å². The Bertz CT molecular complexity index is 178. The minimum absolute atomic E-state index is 0.257. The number of rotatable bonds is 1. The van der Waals surface area contributed by atoms with E-state index < -0.39 is 6.17 Å². The number of amidine groups is 1. The van der Waals surface area contributed by atoms with Gasteiger partial charge in [0.05, 0.1) is 5.11 Å². The average Bonchev–Trinajstić information content (AvgIpc) is 2.34. The third-order valence-corrected chi connectivity index (χ3v) is 1.13. The van der Waals surface area contributed by atoms with E-state index in [1.165, 1.54) is 0 Å². The topological polar surface area (TPSA) is 76.0 Å². The van der Waals surface area contributed by atoms with Gasteiger partial charge in [0.15, 0.2) is 6.29 Å². The molecule has 0 saturated carbocycles. The van der Waals surface area contributed by atoms with Gasteiger partial charge in [-0.3, -0.25) is 4.79 Å². The van der Waals surface area contributed by atoms with Crippen molar-refractivity contribution in [1.29, 1.82) is 0 Å². The number of hydrogen-bond donors (Lipinski definition) is 2. The van der Waals surface area contributed by atoms with Gasteiger partial charge < -0.3 is 4.55 Å². The molecule has 9 heavy (non-hydrogen) atoms. The van der Waals surface area contributed by atoms with Crippen LogP contribution in [0.5, 0.6) is 0 Å². The fraction of sp³-hybridized carbons (Fsp3) is 0.333. The Hall–Kier alpha value is -0.750. The van der Waals surface area contributed by atoms with Crippen molar-refractivity contribution in [2.75, 3.05) is 0 Å². The van der Waals surface area contributed by atoms with Gasteiger partial charge in [-0.25, -0.2) is 4.99 Å². The van der Waals surface area contributed by atoms with Gasteiger partial charge in [-0.2, -0.15) is 0 Å². The van der Waals surface area contributed by atoms with Crippen molar-refractivity contribution in [2.45, 2.75) is 6.17 Å². The van der Waals surface area contributed by atoms with Crippen LogP contribution in [-0.4, -0.2) is 22.2 Å². The first kappa shape index (κ1) is 6.37. The van der Waals surface area contributed by atoms with Gasteiger partial charge in [0.2, 0.25) is 0 Å². The van der Waals surface area contributed by atoms with Crippen LogP contribution in [0.4, 0.5) is 0 Å². The van der Waals surface area contributed by atoms with E-state index in [0.29, 0.717) is 18.3 Å². The number of aldehydes is 1. The lowest BCUT2D eigenvalue weighted by Gasteiger charge is -1.77. The molecule has 1 heterocycles. The minimum atomic E-state index is -0.611. The minimum Gasteiger partial charge on any atom is -0.320 e. The van der Waals surface area contributed by atoms with Crippen LogP contribution in [0.25, 0.3) is 0 Å². The maximum absolute atomic E-state index is 9.95. The predicted molar refractivity (Wildman–Crippen MR) is 30.9 cm³/mol. The van der Waals surface area contributed by atoms with Crippen molar-refractivity contribution in [3.05, 3.63) is 0 Å². The van der Waals surface area contributed by atoms with Crippen LogP contribution in [0.3, 0.4) is 0 Å². The van der Waals surface area contributed by atoms with Crippen LogP contribution in [0.15, 0.2) is 10.2 Å². The molecule has 0 bridgehead atoms. The standard InChI is InChI=1S/C3H3N3O2S/c7-1-2-4-3(9-8)6-5-2/h1-2,8H/p+1. The third-order valence-electron chi connectivity index (χ3n) is 0.760. The number of azo groups is 1. The zero-order chi connectivity index (χ0) is 6.69. The van der Waals surface area contributed by atoms with Crippen LogP contribution in [-0.2, 0) is 4.79 Å². The highest BCUT2D eigenvalue weighted by molar-refractivity contribution is 8.08. The molecule has 2 N–H and O–H groups in total. The Kier molecular flexibility index (Phi) is 1.91. The summed E-state index contributed by atoms with van der Waals surface area (Å²) in [4.78, 5) is 12.5. The number of carbonyl (C=O) groups excluding carboxylic acids is 1. The zero-order valence-electron chi connectivity index (χ0n) is 4.31. The summed E-state index contributed by atoms with van der Waals surface area (Å²) < 4.78 is 8.33. The second-order valence-corrected chi connectivity index (χ2v) is 1.91. The molecule has 0 aromatic carbocycles. The van der Waals surface area contributed by atoms with Crippen molar-refractivity contribution in [3.63, 3.8) is 0 Å². The number of hydrogen-bond acceptors (Lipinski definition) is 5. The first-order chi connectivity index (χ1) is 4.36. The molecule has 48 valence electrons. The molecule has 0 amide bonds. The molecule has 0 fully saturated rings. The van der Waals surface area contributed by atoms with Gasteiger partial charge in [0.25, 0.3) is 6.17 Å². The second kappa shape index (κ2) is 2.70. The highest BCUT2D eigenvalue weighted by Gasteiger charge is 2.21. The van der Waals surface area contributed by atoms with Crippen LogP contribution in [0.1, 0.15) is 0 Å². The summed E-state index contributed by atoms with van der Waals surface area (Å²) in [7, 11) is 0. The first-order valence-corrected chi connectivity index (χ1v) is 2.95. The van der Waals surface area contributed by atoms with E-state index in [-0.39, 0.29) is 5.17 Å². The van der Waals surface area contributed by atoms with E-state index in [2.05, 4.69) is 15.2 Å². The molecule has 1 aliphatic heterocycles. The molecule has 1 aliphatic rings. The summed E-state index contributed by atoms with van der Waals surface area (Å²) in [6, 6.07) is 0. The normalized spacial score (nSPS) is 24.1. The number of nitrogens with zero attached hydrogens (tertiary/aromatic N) is 2. The monoisotopic (exact) mass is 146 g/mol. The summed E-state index contributed by atoms with van der Waals surface area (Å²) in [6.45, 7) is 0. The summed E-state index contributed by atoms with van der Waals surface area (Å²) in [5.74, 6) is 0. The lowest BCUT2D eigenvalue weighted by molar-refractivity contribution is -0.474. The molecule has 1 rings (SSSR count). The highest BCUT2D eigenvalue weighted by Crippen LogP contribution is 1.96. The van der Waals surface area contributed by atoms with Crippen molar-refractivity contribution in [1.82, 2.24) is 0 Å². The molecule has 0 saturated heterocycles. The summed E-state index contributed by atoms with van der Waals surface area (Å²) in [5.41, 5.74) is 0. The highest BCUT2D eigenvalue weighted by atomic mass is 32.2. The van der Waals surface area contributed by atoms with Gasteiger partial charge in [-0.1, -0.05) is 0 Å². The van der Waals surface area contributed by atoms with E-state index in [9.17, 15) is 4.79 Å². The Morgan fingerprint density at radius 3 is 3.00 bits per heavy atom. The Balaban J connectivity index is 2.62. The fourth-order valence-corrected chi connectivity index (χ4v) is 0.662. The van der Waals surface area contributed by atoms with Crippen molar-refractivity contribution < 1.29 is 14.3 Å². The van der Waals surface area contributed by atoms with Gasteiger partial charge in [0.1, 0.15) is 12.0 Å². The fourth-order valence-electron chi connectivity index (χ4n) is 0.405. The lowest BCUT2D eigenvalue weighted by atomic mass is 10.6. The van der Waals surface area contributed by atoms with E-state index >= 15 is 0 Å². The summed E-state index contributed by atoms with van der Waals surface area (Å²) in [6.07, 6.45) is -0.00755. The Morgan fingerprint density at radius 2 is 2.67 bits per heavy atom. The molecule has 0 radical (unpaired) electrons. The Morgan fingerprint density at radius 1 is 1.89 bits per heavy atom. The molecule has 1 unspecified atom stereocenters. The molecular formula is C3H4N3O2S+. The van der Waals surface area contributed by atoms with E-state index in [1.54, 1.807) is 0 Å². The maximum Gasteiger partial charge on any atom is 0.408 e. The third kappa shape index (κ3) is 1.33. The average molecular weight is 146 g/mol. The predicted octanol–water partition coefficient (Wildman–Crippen LogP) is -1.38. The van der Waals surface area contributed by atoms with Gasteiger partial charge in [-0.05, 0) is 5.11 Å². The summed E-state index contributed by atoms with van der Waals surface area (Å²) in [5, 5.41) is 7.11. The van der Waals surface area contributed by atoms with Crippen LogP contribution < -0.4 is 4.99 Å². The van der Waals surface area contributed by atoms with Gasteiger partial charge in [-0.15, -0.1) is 0 Å². The Labute approximate surface area is 55.1 Å². The zero-order valence-corrected chi connectivity index (χ0v) is 5.13. The molecule has 0 spiro atoms. The van der Waals surface area contributed by atoms with Crippen molar-refractivity contribution in [2.24, 2.45) is 10.2 Å². The van der Waals surface area contributed by atoms with E-state index in [0.717, 1.165) is 0 Å². The van der Waals surface area contributed by atoms with E-state index in [1.807, 2.05) is 0 Å². The van der Waals surface area contributed by atoms with Crippen LogP contribution in [0.2, 0.25) is 0 Å². The number of carbonyl (C=O) groups is 1. The second-order valence-electron chi connectivity index (χ2n) is 1.34. The molecule has 0 aliphatic carbocycles. The maximum atomic E-state index is 9.95. The van der Waals surface area contributed by atoms with Crippen LogP contribution in [0, 0.1) is 0 Å². The smallest absolute Gasteiger partial charge is 0.320 e. The molecule has 5 nitrogen and oxygen atoms in total. The van der Waals surface area contributed by atoms with Crippen molar-refractivity contribution >= 4 is 23.5 Å². The largest absolute Gasteiger partial charge is 0.408 e. The van der Waals surface area contributed by atoms with Crippen molar-refractivity contribution in [3.8, 4) is 0 Å². The summed E-state index contributed by atoms with van der Waals surface area (Å²) >= 11 is 0.438. The molecule has 0 aromatic heterocycles. The number of nitrogens with one attached hydrogen (secondary N) is 1. The molecule has 1 atom stereocenters. The van der Waals surface area contributed by atoms with Crippen LogP contribution >= 0.6 is 12.0 Å².